The lowest BCUT2D eigenvalue weighted by Crippen LogP contribution is -2.53. The summed E-state index contributed by atoms with van der Waals surface area (Å²) in [6.07, 6.45) is 1.01. The van der Waals surface area contributed by atoms with Crippen molar-refractivity contribution in [3.63, 3.8) is 0 Å². The fraction of sp³-hybridized carbons (Fsp3) is 0.619. The number of carbonyl (C=O) groups excluding carboxylic acids is 2. The van der Waals surface area contributed by atoms with Crippen LogP contribution >= 0.6 is 11.8 Å². The molecule has 2 N–H and O–H groups in total. The van der Waals surface area contributed by atoms with Crippen molar-refractivity contribution in [1.82, 2.24) is 10.2 Å². The third-order valence-corrected chi connectivity index (χ3v) is 6.61. The number of rotatable bonds is 9. The second-order valence-corrected chi connectivity index (χ2v) is 8.92. The number of hydrogen-bond donors (Lipinski definition) is 2. The van der Waals surface area contributed by atoms with Crippen LogP contribution in [0.15, 0.2) is 24.3 Å². The predicted molar refractivity (Wildman–Crippen MR) is 115 cm³/mol. The topological polar surface area (TPSA) is 79.9 Å². The average Bonchev–Trinajstić information content (AvgIpc) is 3.29. The summed E-state index contributed by atoms with van der Waals surface area (Å²) in [6.45, 7) is 7.03. The number of thioether (sulfide) groups is 1. The van der Waals surface area contributed by atoms with Crippen LogP contribution in [0.1, 0.15) is 13.3 Å². The Kier molecular flexibility index (Phi) is 8.92. The molecule has 7 nitrogen and oxygen atoms in total. The van der Waals surface area contributed by atoms with Crippen LogP contribution in [0.2, 0.25) is 0 Å². The summed E-state index contributed by atoms with van der Waals surface area (Å²) in [5, 5.41) is 5.42. The molecule has 0 saturated carbocycles. The zero-order valence-electron chi connectivity index (χ0n) is 17.3. The molecule has 0 spiro atoms. The lowest BCUT2D eigenvalue weighted by atomic mass is 9.97. The SMILES string of the molecule is CC(SCC(=O)Nc1ccc(F)cc1)C(=O)NCC(C1CCOC1)N1CCOCC1. The summed E-state index contributed by atoms with van der Waals surface area (Å²) in [6, 6.07) is 5.83. The number of nitrogens with zero attached hydrogens (tertiary/aromatic N) is 1. The summed E-state index contributed by atoms with van der Waals surface area (Å²) < 4.78 is 24.0. The average molecular weight is 440 g/mol. The number of benzene rings is 1. The van der Waals surface area contributed by atoms with Crippen LogP contribution in [-0.4, -0.2) is 79.8 Å². The number of ether oxygens (including phenoxy) is 2. The summed E-state index contributed by atoms with van der Waals surface area (Å²) in [5.74, 6) is -0.0950. The molecule has 1 aromatic rings. The Bertz CT molecular complexity index is 694. The Morgan fingerprint density at radius 1 is 1.20 bits per heavy atom. The van der Waals surface area contributed by atoms with Gasteiger partial charge in [-0.05, 0) is 37.6 Å². The van der Waals surface area contributed by atoms with Crippen molar-refractivity contribution in [2.75, 3.05) is 57.1 Å². The first-order valence-corrected chi connectivity index (χ1v) is 11.4. The van der Waals surface area contributed by atoms with Gasteiger partial charge in [-0.2, -0.15) is 0 Å². The maximum absolute atomic E-state index is 12.9. The number of anilines is 1. The van der Waals surface area contributed by atoms with E-state index < -0.39 is 0 Å². The Hall–Kier alpha value is -1.68. The molecule has 2 saturated heterocycles. The number of halogens is 1. The van der Waals surface area contributed by atoms with E-state index in [2.05, 4.69) is 15.5 Å². The van der Waals surface area contributed by atoms with Crippen molar-refractivity contribution < 1.29 is 23.5 Å². The standard InChI is InChI=1S/C21H30FN3O4S/c1-15(30-14-20(26)24-18-4-2-17(22)3-5-18)21(27)23-12-19(16-6-9-29-13-16)25-7-10-28-11-8-25/h2-5,15-16,19H,6-14H2,1H3,(H,23,27)(H,24,26). The summed E-state index contributed by atoms with van der Waals surface area (Å²) >= 11 is 1.28. The van der Waals surface area contributed by atoms with Gasteiger partial charge in [0.15, 0.2) is 0 Å². The number of hydrogen-bond acceptors (Lipinski definition) is 6. The largest absolute Gasteiger partial charge is 0.381 e. The monoisotopic (exact) mass is 439 g/mol. The highest BCUT2D eigenvalue weighted by atomic mass is 32.2. The van der Waals surface area contributed by atoms with Crippen LogP contribution in [0.5, 0.6) is 0 Å². The minimum Gasteiger partial charge on any atom is -0.381 e. The molecule has 2 aliphatic heterocycles. The van der Waals surface area contributed by atoms with Crippen LogP contribution in [0.25, 0.3) is 0 Å². The quantitative estimate of drug-likeness (QED) is 0.610. The van der Waals surface area contributed by atoms with E-state index in [-0.39, 0.29) is 34.7 Å². The first-order valence-electron chi connectivity index (χ1n) is 10.4. The zero-order chi connectivity index (χ0) is 21.3. The lowest BCUT2D eigenvalue weighted by Gasteiger charge is -2.37. The summed E-state index contributed by atoms with van der Waals surface area (Å²) in [7, 11) is 0. The van der Waals surface area contributed by atoms with Crippen molar-refractivity contribution in [1.29, 1.82) is 0 Å². The van der Waals surface area contributed by atoms with E-state index in [1.54, 1.807) is 6.92 Å². The van der Waals surface area contributed by atoms with Gasteiger partial charge < -0.3 is 20.1 Å². The Morgan fingerprint density at radius 2 is 1.93 bits per heavy atom. The van der Waals surface area contributed by atoms with Crippen molar-refractivity contribution in [2.24, 2.45) is 5.92 Å². The molecule has 2 fully saturated rings. The molecule has 3 unspecified atom stereocenters. The first-order chi connectivity index (χ1) is 14.5. The van der Waals surface area contributed by atoms with E-state index in [1.165, 1.54) is 36.0 Å². The molecule has 2 amide bonds. The molecule has 9 heteroatoms. The molecule has 0 bridgehead atoms. The molecule has 2 heterocycles. The number of morpholine rings is 1. The van der Waals surface area contributed by atoms with Crippen LogP contribution in [0.3, 0.4) is 0 Å². The second-order valence-electron chi connectivity index (χ2n) is 7.59. The van der Waals surface area contributed by atoms with E-state index in [4.69, 9.17) is 9.47 Å². The minimum atomic E-state index is -0.354. The smallest absolute Gasteiger partial charge is 0.234 e. The van der Waals surface area contributed by atoms with Gasteiger partial charge in [-0.25, -0.2) is 4.39 Å². The van der Waals surface area contributed by atoms with Gasteiger partial charge in [0.25, 0.3) is 0 Å². The third-order valence-electron chi connectivity index (χ3n) is 5.47. The van der Waals surface area contributed by atoms with Crippen LogP contribution in [0.4, 0.5) is 10.1 Å². The van der Waals surface area contributed by atoms with E-state index in [0.717, 1.165) is 32.7 Å². The van der Waals surface area contributed by atoms with Gasteiger partial charge in [-0.1, -0.05) is 0 Å². The third kappa shape index (κ3) is 6.94. The molecule has 1 aromatic carbocycles. The first kappa shape index (κ1) is 23.0. The minimum absolute atomic E-state index is 0.0771. The van der Waals surface area contributed by atoms with E-state index in [0.29, 0.717) is 31.4 Å². The summed E-state index contributed by atoms with van der Waals surface area (Å²) in [4.78, 5) is 27.0. The van der Waals surface area contributed by atoms with E-state index in [9.17, 15) is 14.0 Å². The van der Waals surface area contributed by atoms with Gasteiger partial charge in [0.05, 0.1) is 30.8 Å². The molecular formula is C21H30FN3O4S. The number of nitrogens with one attached hydrogen (secondary N) is 2. The highest BCUT2D eigenvalue weighted by Crippen LogP contribution is 2.22. The Morgan fingerprint density at radius 3 is 2.60 bits per heavy atom. The molecule has 0 aliphatic carbocycles. The molecule has 0 radical (unpaired) electrons. The van der Waals surface area contributed by atoms with Gasteiger partial charge in [0, 0.05) is 43.9 Å². The van der Waals surface area contributed by atoms with Gasteiger partial charge in [-0.15, -0.1) is 11.8 Å². The molecule has 3 rings (SSSR count). The molecule has 166 valence electrons. The Labute approximate surface area is 181 Å². The zero-order valence-corrected chi connectivity index (χ0v) is 18.1. The van der Waals surface area contributed by atoms with Gasteiger partial charge in [0.1, 0.15) is 5.82 Å². The van der Waals surface area contributed by atoms with Crippen LogP contribution in [-0.2, 0) is 19.1 Å². The van der Waals surface area contributed by atoms with E-state index >= 15 is 0 Å². The van der Waals surface area contributed by atoms with Crippen molar-refractivity contribution >= 4 is 29.3 Å². The van der Waals surface area contributed by atoms with Crippen molar-refractivity contribution in [2.45, 2.75) is 24.6 Å². The number of carbonyl (C=O) groups is 2. The van der Waals surface area contributed by atoms with Gasteiger partial charge in [0.2, 0.25) is 11.8 Å². The maximum atomic E-state index is 12.9. The molecule has 3 atom stereocenters. The highest BCUT2D eigenvalue weighted by molar-refractivity contribution is 8.01. The maximum Gasteiger partial charge on any atom is 0.234 e. The molecule has 2 aliphatic rings. The van der Waals surface area contributed by atoms with E-state index in [1.807, 2.05) is 0 Å². The van der Waals surface area contributed by atoms with Crippen LogP contribution < -0.4 is 10.6 Å². The van der Waals surface area contributed by atoms with Crippen LogP contribution in [0, 0.1) is 11.7 Å². The molecule has 30 heavy (non-hydrogen) atoms. The van der Waals surface area contributed by atoms with Gasteiger partial charge in [-0.3, -0.25) is 14.5 Å². The highest BCUT2D eigenvalue weighted by Gasteiger charge is 2.32. The van der Waals surface area contributed by atoms with Crippen molar-refractivity contribution in [3.05, 3.63) is 30.1 Å². The van der Waals surface area contributed by atoms with Crippen molar-refractivity contribution in [3.8, 4) is 0 Å². The fourth-order valence-electron chi connectivity index (χ4n) is 3.71. The lowest BCUT2D eigenvalue weighted by molar-refractivity contribution is -0.120. The molecule has 0 aromatic heterocycles. The second kappa shape index (κ2) is 11.6. The normalized spacial score (nSPS) is 21.7. The van der Waals surface area contributed by atoms with Gasteiger partial charge >= 0.3 is 0 Å². The Balaban J connectivity index is 1.42. The molecular weight excluding hydrogens is 409 g/mol. The predicted octanol–water partition coefficient (Wildman–Crippen LogP) is 1.74. The number of amides is 2. The summed E-state index contributed by atoms with van der Waals surface area (Å²) in [5.41, 5.74) is 0.534. The fourth-order valence-corrected chi connectivity index (χ4v) is 4.42.